The predicted molar refractivity (Wildman–Crippen MR) is 138 cm³/mol. The highest BCUT2D eigenvalue weighted by molar-refractivity contribution is 6.36. The van der Waals surface area contributed by atoms with Gasteiger partial charge in [0.25, 0.3) is 0 Å². The van der Waals surface area contributed by atoms with Gasteiger partial charge in [-0.15, -0.1) is 0 Å². The van der Waals surface area contributed by atoms with Crippen molar-refractivity contribution in [2.45, 2.75) is 51.3 Å². The molecule has 35 heavy (non-hydrogen) atoms. The summed E-state index contributed by atoms with van der Waals surface area (Å²) >= 11 is 18.5. The molecular formula is C25H29Cl3N2O5. The Balaban J connectivity index is 1.72. The first-order valence-electron chi connectivity index (χ1n) is 11.5. The molecule has 0 radical (unpaired) electrons. The minimum Gasteiger partial charge on any atom is -0.480 e. The number of aliphatic carboxylic acids is 1. The lowest BCUT2D eigenvalue weighted by Gasteiger charge is -2.36. The van der Waals surface area contributed by atoms with Crippen molar-refractivity contribution in [3.05, 3.63) is 57.0 Å². The summed E-state index contributed by atoms with van der Waals surface area (Å²) in [6, 6.07) is 10.3. The second-order valence-electron chi connectivity index (χ2n) is 8.41. The number of rotatable bonds is 11. The van der Waals surface area contributed by atoms with Crippen LogP contribution in [0, 0.1) is 0 Å². The maximum Gasteiger partial charge on any atom is 0.341 e. The Hall–Kier alpha value is -2.03. The van der Waals surface area contributed by atoms with Gasteiger partial charge in [0.1, 0.15) is 5.75 Å². The second-order valence-corrected chi connectivity index (χ2v) is 9.66. The van der Waals surface area contributed by atoms with E-state index in [1.54, 1.807) is 30.3 Å². The van der Waals surface area contributed by atoms with Gasteiger partial charge < -0.3 is 19.9 Å². The van der Waals surface area contributed by atoms with Crippen LogP contribution in [0.1, 0.15) is 38.2 Å². The molecule has 0 atom stereocenters. The predicted octanol–water partition coefficient (Wildman–Crippen LogP) is 5.90. The molecule has 1 amide bonds. The quantitative estimate of drug-likeness (QED) is 0.367. The number of anilines is 1. The Kier molecular flexibility index (Phi) is 10.5. The Morgan fingerprint density at radius 1 is 1.06 bits per heavy atom. The third-order valence-corrected chi connectivity index (χ3v) is 6.69. The first-order valence-corrected chi connectivity index (χ1v) is 12.6. The number of hydrogen-bond donors (Lipinski definition) is 2. The van der Waals surface area contributed by atoms with Crippen LogP contribution >= 0.6 is 34.8 Å². The number of carbonyl (C=O) groups excluding carboxylic acids is 1. The molecule has 0 aliphatic heterocycles. The van der Waals surface area contributed by atoms with Crippen molar-refractivity contribution in [3.8, 4) is 5.75 Å². The Morgan fingerprint density at radius 2 is 1.80 bits per heavy atom. The zero-order chi connectivity index (χ0) is 25.4. The molecule has 10 heteroatoms. The maximum atomic E-state index is 13.0. The highest BCUT2D eigenvalue weighted by Gasteiger charge is 2.28. The SMILES string of the molecule is CCOC1CCC(N(CC(=O)Nc2ccc(Cl)cc2Cl)Cc2ccc(OCC(=O)O)c(Cl)c2)CC1. The van der Waals surface area contributed by atoms with Crippen LogP contribution in [0.5, 0.6) is 5.75 Å². The number of amides is 1. The highest BCUT2D eigenvalue weighted by Crippen LogP contribution is 2.30. The average Bonchev–Trinajstić information content (AvgIpc) is 2.80. The summed E-state index contributed by atoms with van der Waals surface area (Å²) in [7, 11) is 0. The zero-order valence-electron chi connectivity index (χ0n) is 19.4. The smallest absolute Gasteiger partial charge is 0.341 e. The summed E-state index contributed by atoms with van der Waals surface area (Å²) in [5.41, 5.74) is 1.39. The standard InChI is InChI=1S/C25H29Cl3N2O5/c1-2-34-19-7-5-18(6-8-19)30(14-24(31)29-22-9-4-17(26)12-20(22)27)13-16-3-10-23(21(28)11-16)35-15-25(32)33/h3-4,9-12,18-19H,2,5-8,13-15H2,1H3,(H,29,31)(H,32,33). The third-order valence-electron chi connectivity index (χ3n) is 5.85. The second kappa shape index (κ2) is 13.3. The average molecular weight is 544 g/mol. The number of carboxylic acid groups (broad SMARTS) is 1. The largest absolute Gasteiger partial charge is 0.480 e. The number of halogens is 3. The van der Waals surface area contributed by atoms with Crippen LogP contribution < -0.4 is 10.1 Å². The van der Waals surface area contributed by atoms with Crippen molar-refractivity contribution in [2.75, 3.05) is 25.1 Å². The first kappa shape index (κ1) is 27.6. The minimum absolute atomic E-state index is 0.164. The van der Waals surface area contributed by atoms with Crippen LogP contribution in [-0.4, -0.2) is 53.8 Å². The Morgan fingerprint density at radius 3 is 2.43 bits per heavy atom. The number of benzene rings is 2. The van der Waals surface area contributed by atoms with E-state index >= 15 is 0 Å². The lowest BCUT2D eigenvalue weighted by atomic mass is 9.91. The van der Waals surface area contributed by atoms with E-state index in [9.17, 15) is 9.59 Å². The maximum absolute atomic E-state index is 13.0. The normalized spacial score (nSPS) is 17.9. The fourth-order valence-corrected chi connectivity index (χ4v) is 4.94. The molecule has 0 aromatic heterocycles. The van der Waals surface area contributed by atoms with Gasteiger partial charge in [-0.1, -0.05) is 40.9 Å². The molecule has 0 heterocycles. The van der Waals surface area contributed by atoms with Crippen molar-refractivity contribution in [1.82, 2.24) is 4.90 Å². The van der Waals surface area contributed by atoms with Gasteiger partial charge in [-0.3, -0.25) is 9.69 Å². The molecule has 1 fully saturated rings. The van der Waals surface area contributed by atoms with E-state index in [1.807, 2.05) is 13.0 Å². The molecule has 2 N–H and O–H groups in total. The number of nitrogens with zero attached hydrogens (tertiary/aromatic N) is 1. The van der Waals surface area contributed by atoms with Crippen molar-refractivity contribution in [3.63, 3.8) is 0 Å². The van der Waals surface area contributed by atoms with E-state index in [0.717, 1.165) is 31.2 Å². The molecule has 2 aromatic carbocycles. The lowest BCUT2D eigenvalue weighted by molar-refractivity contribution is -0.139. The molecule has 0 spiro atoms. The van der Waals surface area contributed by atoms with Gasteiger partial charge >= 0.3 is 5.97 Å². The molecule has 190 valence electrons. The van der Waals surface area contributed by atoms with Crippen molar-refractivity contribution in [1.29, 1.82) is 0 Å². The van der Waals surface area contributed by atoms with E-state index in [0.29, 0.717) is 39.7 Å². The highest BCUT2D eigenvalue weighted by atomic mass is 35.5. The summed E-state index contributed by atoms with van der Waals surface area (Å²) in [6.45, 7) is 2.88. The van der Waals surface area contributed by atoms with Gasteiger partial charge in [-0.25, -0.2) is 4.79 Å². The molecule has 0 unspecified atom stereocenters. The third kappa shape index (κ3) is 8.54. The van der Waals surface area contributed by atoms with Gasteiger partial charge in [0.15, 0.2) is 6.61 Å². The fraction of sp³-hybridized carbons (Fsp3) is 0.440. The summed E-state index contributed by atoms with van der Waals surface area (Å²) in [4.78, 5) is 25.9. The molecular weight excluding hydrogens is 515 g/mol. The van der Waals surface area contributed by atoms with Crippen LogP contribution in [0.2, 0.25) is 15.1 Å². The fourth-order valence-electron chi connectivity index (χ4n) is 4.23. The summed E-state index contributed by atoms with van der Waals surface area (Å²) in [5, 5.41) is 12.9. The molecule has 1 aliphatic carbocycles. The van der Waals surface area contributed by atoms with Crippen molar-refractivity contribution >= 4 is 52.4 Å². The molecule has 1 aliphatic rings. The minimum atomic E-state index is -1.08. The molecule has 1 saturated carbocycles. The van der Waals surface area contributed by atoms with Gasteiger partial charge in [0.05, 0.1) is 28.4 Å². The van der Waals surface area contributed by atoms with E-state index < -0.39 is 12.6 Å². The van der Waals surface area contributed by atoms with E-state index in [4.69, 9.17) is 49.4 Å². The number of ether oxygens (including phenoxy) is 2. The van der Waals surface area contributed by atoms with Crippen molar-refractivity contribution < 1.29 is 24.2 Å². The topological polar surface area (TPSA) is 88.1 Å². The van der Waals surface area contributed by atoms with Gasteiger partial charge in [0, 0.05) is 24.2 Å². The number of nitrogens with one attached hydrogen (secondary N) is 1. The lowest BCUT2D eigenvalue weighted by Crippen LogP contribution is -2.43. The molecule has 0 bridgehead atoms. The Labute approximate surface area is 220 Å². The van der Waals surface area contributed by atoms with Crippen molar-refractivity contribution in [2.24, 2.45) is 0 Å². The van der Waals surface area contributed by atoms with Crippen LogP contribution in [-0.2, 0) is 20.9 Å². The summed E-state index contributed by atoms with van der Waals surface area (Å²) in [6.07, 6.45) is 3.94. The van der Waals surface area contributed by atoms with Crippen LogP contribution in [0.3, 0.4) is 0 Å². The molecule has 3 rings (SSSR count). The van der Waals surface area contributed by atoms with E-state index in [2.05, 4.69) is 10.2 Å². The monoisotopic (exact) mass is 542 g/mol. The van der Waals surface area contributed by atoms with E-state index in [1.165, 1.54) is 0 Å². The molecule has 2 aromatic rings. The molecule has 7 nitrogen and oxygen atoms in total. The number of hydrogen-bond acceptors (Lipinski definition) is 5. The zero-order valence-corrected chi connectivity index (χ0v) is 21.7. The van der Waals surface area contributed by atoms with Crippen LogP contribution in [0.25, 0.3) is 0 Å². The van der Waals surface area contributed by atoms with Gasteiger partial charge in [-0.05, 0) is 68.5 Å². The van der Waals surface area contributed by atoms with Crippen LogP contribution in [0.4, 0.5) is 5.69 Å². The summed E-state index contributed by atoms with van der Waals surface area (Å²) < 4.78 is 11.0. The van der Waals surface area contributed by atoms with Crippen LogP contribution in [0.15, 0.2) is 36.4 Å². The number of carboxylic acids is 1. The summed E-state index contributed by atoms with van der Waals surface area (Å²) in [5.74, 6) is -0.962. The van der Waals surface area contributed by atoms with Gasteiger partial charge in [0.2, 0.25) is 5.91 Å². The number of carbonyl (C=O) groups is 2. The first-order chi connectivity index (χ1) is 16.7. The molecule has 0 saturated heterocycles. The Bertz CT molecular complexity index is 1030. The van der Waals surface area contributed by atoms with E-state index in [-0.39, 0.29) is 24.6 Å². The van der Waals surface area contributed by atoms with Gasteiger partial charge in [-0.2, -0.15) is 0 Å².